The Hall–Kier alpha value is -1.26. The minimum atomic E-state index is -3.17. The van der Waals surface area contributed by atoms with E-state index in [2.05, 4.69) is 4.74 Å². The van der Waals surface area contributed by atoms with Gasteiger partial charge < -0.3 is 4.74 Å². The number of rotatable bonds is 4. The van der Waals surface area contributed by atoms with E-state index in [0.717, 1.165) is 6.08 Å². The van der Waals surface area contributed by atoms with Gasteiger partial charge in [0.15, 0.2) is 0 Å². The second-order valence-electron chi connectivity index (χ2n) is 2.09. The molecule has 3 nitrogen and oxygen atoms in total. The zero-order valence-electron chi connectivity index (χ0n) is 7.34. The molecule has 0 aromatic carbocycles. The normalized spacial score (nSPS) is 11.6. The van der Waals surface area contributed by atoms with Crippen LogP contribution in [0.25, 0.3) is 0 Å². The van der Waals surface area contributed by atoms with E-state index in [0.29, 0.717) is 0 Å². The fourth-order valence-electron chi connectivity index (χ4n) is 0.687. The molecule has 0 amide bonds. The third kappa shape index (κ3) is 3.31. The minimum Gasteiger partial charge on any atom is -0.462 e. The summed E-state index contributed by atoms with van der Waals surface area (Å²) < 4.78 is 28.1. The van der Waals surface area contributed by atoms with Crippen LogP contribution < -0.4 is 0 Å². The molecule has 0 fully saturated rings. The topological polar surface area (TPSA) is 43.4 Å². The Balaban J connectivity index is 4.54. The maximum atomic E-state index is 11.9. The van der Waals surface area contributed by atoms with Gasteiger partial charge in [0.05, 0.1) is 6.61 Å². The fourth-order valence-corrected chi connectivity index (χ4v) is 0.687. The molecule has 74 valence electrons. The molecule has 5 heteroatoms. The first-order valence-electron chi connectivity index (χ1n) is 3.70. The highest BCUT2D eigenvalue weighted by molar-refractivity contribution is 6.18. The highest BCUT2D eigenvalue weighted by Crippen LogP contribution is 2.07. The van der Waals surface area contributed by atoms with Crippen molar-refractivity contribution >= 4 is 11.8 Å². The number of alkyl halides is 2. The predicted molar refractivity (Wildman–Crippen MR) is 41.4 cm³/mol. The van der Waals surface area contributed by atoms with E-state index in [-0.39, 0.29) is 6.61 Å². The van der Waals surface area contributed by atoms with E-state index >= 15 is 0 Å². The third-order valence-electron chi connectivity index (χ3n) is 1.25. The number of allylic oxidation sites excluding steroid dienone is 1. The lowest BCUT2D eigenvalue weighted by Gasteiger charge is -2.03. The smallest absolute Gasteiger partial charge is 0.341 e. The Labute approximate surface area is 74.4 Å². The van der Waals surface area contributed by atoms with Crippen LogP contribution in [0.1, 0.15) is 13.8 Å². The van der Waals surface area contributed by atoms with Gasteiger partial charge in [0.25, 0.3) is 0 Å². The molecule has 0 rings (SSSR count). The van der Waals surface area contributed by atoms with Crippen LogP contribution in [0.2, 0.25) is 0 Å². The molecule has 0 aromatic rings. The SMILES string of the molecule is C/C=C(/C(=O)OCC)C(=O)C(F)F. The van der Waals surface area contributed by atoms with Crippen molar-refractivity contribution in [2.24, 2.45) is 0 Å². The Morgan fingerprint density at radius 1 is 1.46 bits per heavy atom. The molecule has 0 saturated carbocycles. The van der Waals surface area contributed by atoms with Crippen molar-refractivity contribution in [2.45, 2.75) is 20.3 Å². The lowest BCUT2D eigenvalue weighted by atomic mass is 10.1. The summed E-state index contributed by atoms with van der Waals surface area (Å²) in [4.78, 5) is 21.5. The lowest BCUT2D eigenvalue weighted by molar-refractivity contribution is -0.141. The molecular weight excluding hydrogens is 182 g/mol. The van der Waals surface area contributed by atoms with Gasteiger partial charge in [0, 0.05) is 0 Å². The van der Waals surface area contributed by atoms with Crippen molar-refractivity contribution in [3.8, 4) is 0 Å². The average Bonchev–Trinajstić information content (AvgIpc) is 2.05. The first-order chi connectivity index (χ1) is 6.04. The first kappa shape index (κ1) is 11.7. The van der Waals surface area contributed by atoms with E-state index < -0.39 is 23.8 Å². The minimum absolute atomic E-state index is 0.0483. The van der Waals surface area contributed by atoms with Gasteiger partial charge >= 0.3 is 12.4 Å². The summed E-state index contributed by atoms with van der Waals surface area (Å²) in [7, 11) is 0. The molecule has 0 aliphatic rings. The van der Waals surface area contributed by atoms with Gasteiger partial charge in [-0.25, -0.2) is 13.6 Å². The number of ketones is 1. The second-order valence-corrected chi connectivity index (χ2v) is 2.09. The van der Waals surface area contributed by atoms with Crippen LogP contribution in [0, 0.1) is 0 Å². The number of halogens is 2. The van der Waals surface area contributed by atoms with Crippen LogP contribution in [0.4, 0.5) is 8.78 Å². The summed E-state index contributed by atoms with van der Waals surface area (Å²) >= 11 is 0. The molecule has 0 aliphatic carbocycles. The Kier molecular flexibility index (Phi) is 4.87. The number of carbonyl (C=O) groups is 2. The molecule has 13 heavy (non-hydrogen) atoms. The zero-order valence-corrected chi connectivity index (χ0v) is 7.34. The molecule has 0 aliphatic heterocycles. The van der Waals surface area contributed by atoms with Crippen LogP contribution in [0.15, 0.2) is 11.6 Å². The monoisotopic (exact) mass is 192 g/mol. The van der Waals surface area contributed by atoms with Crippen LogP contribution in [-0.4, -0.2) is 24.8 Å². The number of hydrogen-bond acceptors (Lipinski definition) is 3. The molecule has 0 unspecified atom stereocenters. The van der Waals surface area contributed by atoms with Crippen molar-refractivity contribution in [1.82, 2.24) is 0 Å². The number of ether oxygens (including phenoxy) is 1. The number of Topliss-reactive ketones (excluding diaryl/α,β-unsaturated/α-hetero) is 1. The molecule has 0 atom stereocenters. The van der Waals surface area contributed by atoms with Crippen LogP contribution in [-0.2, 0) is 14.3 Å². The maximum absolute atomic E-state index is 11.9. The van der Waals surface area contributed by atoms with E-state index in [1.807, 2.05) is 0 Å². The molecule has 0 radical (unpaired) electrons. The Morgan fingerprint density at radius 3 is 2.31 bits per heavy atom. The molecule has 0 heterocycles. The number of carbonyl (C=O) groups excluding carboxylic acids is 2. The van der Waals surface area contributed by atoms with Gasteiger partial charge in [0.2, 0.25) is 5.78 Å². The van der Waals surface area contributed by atoms with Crippen molar-refractivity contribution in [3.63, 3.8) is 0 Å². The van der Waals surface area contributed by atoms with E-state index in [9.17, 15) is 18.4 Å². The zero-order chi connectivity index (χ0) is 10.4. The van der Waals surface area contributed by atoms with Gasteiger partial charge in [0.1, 0.15) is 5.57 Å². The lowest BCUT2D eigenvalue weighted by Crippen LogP contribution is -2.21. The van der Waals surface area contributed by atoms with Crippen molar-refractivity contribution in [1.29, 1.82) is 0 Å². The summed E-state index contributed by atoms with van der Waals surface area (Å²) in [6.07, 6.45) is -2.15. The second kappa shape index (κ2) is 5.40. The van der Waals surface area contributed by atoms with Gasteiger partial charge in [-0.1, -0.05) is 6.08 Å². The first-order valence-corrected chi connectivity index (χ1v) is 3.70. The molecule has 0 N–H and O–H groups in total. The predicted octanol–water partition coefficient (Wildman–Crippen LogP) is 1.33. The van der Waals surface area contributed by atoms with Crippen LogP contribution in [0.5, 0.6) is 0 Å². The van der Waals surface area contributed by atoms with Gasteiger partial charge in [-0.2, -0.15) is 0 Å². The van der Waals surface area contributed by atoms with E-state index in [1.54, 1.807) is 0 Å². The van der Waals surface area contributed by atoms with Crippen molar-refractivity contribution in [3.05, 3.63) is 11.6 Å². The highest BCUT2D eigenvalue weighted by atomic mass is 19.3. The van der Waals surface area contributed by atoms with Crippen molar-refractivity contribution < 1.29 is 23.1 Å². The van der Waals surface area contributed by atoms with Gasteiger partial charge in [-0.3, -0.25) is 4.79 Å². The van der Waals surface area contributed by atoms with E-state index in [4.69, 9.17) is 0 Å². The largest absolute Gasteiger partial charge is 0.462 e. The summed E-state index contributed by atoms with van der Waals surface area (Å²) in [5, 5.41) is 0. The van der Waals surface area contributed by atoms with Gasteiger partial charge in [-0.05, 0) is 13.8 Å². The van der Waals surface area contributed by atoms with Gasteiger partial charge in [-0.15, -0.1) is 0 Å². The highest BCUT2D eigenvalue weighted by Gasteiger charge is 2.25. The summed E-state index contributed by atoms with van der Waals surface area (Å²) in [6.45, 7) is 2.90. The molecular formula is C8H10F2O3. The van der Waals surface area contributed by atoms with Crippen LogP contribution >= 0.6 is 0 Å². The number of esters is 1. The van der Waals surface area contributed by atoms with E-state index in [1.165, 1.54) is 13.8 Å². The van der Waals surface area contributed by atoms with Crippen molar-refractivity contribution in [2.75, 3.05) is 6.61 Å². The Morgan fingerprint density at radius 2 is 2.00 bits per heavy atom. The number of hydrogen-bond donors (Lipinski definition) is 0. The summed E-state index contributed by atoms with van der Waals surface area (Å²) in [5.41, 5.74) is -0.600. The Bertz CT molecular complexity index is 234. The third-order valence-corrected chi connectivity index (χ3v) is 1.25. The standard InChI is InChI=1S/C8H10F2O3/c1-3-5(6(11)7(9)10)8(12)13-4-2/h3,7H,4H2,1-2H3/b5-3+. The average molecular weight is 192 g/mol. The molecule has 0 spiro atoms. The summed E-state index contributed by atoms with van der Waals surface area (Å²) in [5.74, 6) is -2.50. The fraction of sp³-hybridized carbons (Fsp3) is 0.500. The van der Waals surface area contributed by atoms with Crippen LogP contribution in [0.3, 0.4) is 0 Å². The quantitative estimate of drug-likeness (QED) is 0.292. The molecule has 0 aromatic heterocycles. The molecule has 0 bridgehead atoms. The summed E-state index contributed by atoms with van der Waals surface area (Å²) in [6, 6.07) is 0. The molecule has 0 saturated heterocycles. The maximum Gasteiger partial charge on any atom is 0.341 e.